The van der Waals surface area contributed by atoms with Gasteiger partial charge in [0.2, 0.25) is 10.0 Å². The summed E-state index contributed by atoms with van der Waals surface area (Å²) in [5.74, 6) is 0.169. The van der Waals surface area contributed by atoms with Crippen molar-refractivity contribution in [2.24, 2.45) is 5.10 Å². The molecular weight excluding hydrogens is 486 g/mol. The normalized spacial score (nSPS) is 11.5. The number of rotatable bonds is 9. The zero-order valence-corrected chi connectivity index (χ0v) is 21.8. The van der Waals surface area contributed by atoms with Crippen LogP contribution >= 0.6 is 0 Å². The second kappa shape index (κ2) is 11.3. The highest BCUT2D eigenvalue weighted by Crippen LogP contribution is 2.22. The Balaban J connectivity index is 1.34. The molecule has 0 saturated heterocycles. The second-order valence-electron chi connectivity index (χ2n) is 8.90. The van der Waals surface area contributed by atoms with E-state index in [1.54, 1.807) is 12.1 Å². The summed E-state index contributed by atoms with van der Waals surface area (Å²) < 4.78 is 31.7. The summed E-state index contributed by atoms with van der Waals surface area (Å²) in [5.41, 5.74) is 6.53. The van der Waals surface area contributed by atoms with E-state index < -0.39 is 15.9 Å². The van der Waals surface area contributed by atoms with Gasteiger partial charge in [-0.15, -0.1) is 0 Å². The lowest BCUT2D eigenvalue weighted by Gasteiger charge is -2.22. The van der Waals surface area contributed by atoms with Gasteiger partial charge in [-0.2, -0.15) is 5.10 Å². The monoisotopic (exact) mass is 515 g/mol. The Labute approximate surface area is 217 Å². The highest BCUT2D eigenvalue weighted by atomic mass is 32.2. The Morgan fingerprint density at radius 2 is 1.62 bits per heavy atom. The number of nitrogens with one attached hydrogen (secondary N) is 1. The zero-order chi connectivity index (χ0) is 26.4. The first-order chi connectivity index (χ1) is 17.7. The predicted octanol–water partition coefficient (Wildman–Crippen LogP) is 4.95. The van der Waals surface area contributed by atoms with E-state index in [0.29, 0.717) is 18.0 Å². The van der Waals surface area contributed by atoms with Crippen LogP contribution in [0.15, 0.2) is 90.0 Å². The lowest BCUT2D eigenvalue weighted by Crippen LogP contribution is -2.39. The van der Waals surface area contributed by atoms with Gasteiger partial charge >= 0.3 is 0 Å². The number of amides is 1. The van der Waals surface area contributed by atoms with Crippen LogP contribution in [0.5, 0.6) is 5.75 Å². The van der Waals surface area contributed by atoms with Gasteiger partial charge in [0.05, 0.1) is 18.2 Å². The second-order valence-corrected chi connectivity index (χ2v) is 10.8. The molecule has 37 heavy (non-hydrogen) atoms. The third kappa shape index (κ3) is 6.95. The minimum atomic E-state index is -3.66. The summed E-state index contributed by atoms with van der Waals surface area (Å²) in [6, 6.07) is 27.1. The molecular formula is C29H29N3O4S. The van der Waals surface area contributed by atoms with Gasteiger partial charge in [0.15, 0.2) is 0 Å². The van der Waals surface area contributed by atoms with Crippen molar-refractivity contribution in [2.45, 2.75) is 20.5 Å². The maximum absolute atomic E-state index is 12.4. The standard InChI is InChI=1S/C29H29N3O4S/c1-21-15-22(2)17-26(16-21)32(37(3,34)35)19-29(33)31-30-18-23-11-13-27(14-12-23)36-20-25-9-6-8-24-7-4-5-10-28(24)25/h4-18H,19-20H2,1-3H3,(H,31,33)/b30-18-. The van der Waals surface area contributed by atoms with Crippen LogP contribution in [0, 0.1) is 13.8 Å². The molecule has 1 N–H and O–H groups in total. The summed E-state index contributed by atoms with van der Waals surface area (Å²) in [5, 5.41) is 6.31. The number of benzene rings is 4. The number of ether oxygens (including phenoxy) is 1. The Morgan fingerprint density at radius 3 is 2.32 bits per heavy atom. The molecule has 0 atom stereocenters. The van der Waals surface area contributed by atoms with Crippen molar-refractivity contribution in [3.05, 3.63) is 107 Å². The SMILES string of the molecule is Cc1cc(C)cc(N(CC(=O)N/N=C\c2ccc(OCc3cccc4ccccc34)cc2)S(C)(=O)=O)c1. The minimum Gasteiger partial charge on any atom is -0.489 e. The van der Waals surface area contributed by atoms with Crippen molar-refractivity contribution in [1.29, 1.82) is 0 Å². The summed E-state index contributed by atoms with van der Waals surface area (Å²) in [7, 11) is -3.66. The largest absolute Gasteiger partial charge is 0.489 e. The van der Waals surface area contributed by atoms with Crippen LogP contribution in [0.1, 0.15) is 22.3 Å². The van der Waals surface area contributed by atoms with Crippen LogP contribution in [0.3, 0.4) is 0 Å². The Morgan fingerprint density at radius 1 is 0.946 bits per heavy atom. The van der Waals surface area contributed by atoms with Gasteiger partial charge in [-0.25, -0.2) is 13.8 Å². The summed E-state index contributed by atoms with van der Waals surface area (Å²) in [6.45, 7) is 3.82. The molecule has 8 heteroatoms. The highest BCUT2D eigenvalue weighted by Gasteiger charge is 2.21. The Hall–Kier alpha value is -4.17. The number of carbonyl (C=O) groups excluding carboxylic acids is 1. The number of aryl methyl sites for hydroxylation is 2. The number of carbonyl (C=O) groups is 1. The summed E-state index contributed by atoms with van der Waals surface area (Å²) in [4.78, 5) is 12.4. The van der Waals surface area contributed by atoms with Crippen molar-refractivity contribution >= 4 is 38.6 Å². The predicted molar refractivity (Wildman–Crippen MR) is 149 cm³/mol. The minimum absolute atomic E-state index is 0.375. The molecule has 0 saturated carbocycles. The van der Waals surface area contributed by atoms with Gasteiger partial charge in [0.25, 0.3) is 5.91 Å². The molecule has 0 aliphatic carbocycles. The molecule has 0 aliphatic heterocycles. The van der Waals surface area contributed by atoms with Crippen LogP contribution in [0.2, 0.25) is 0 Å². The van der Waals surface area contributed by atoms with E-state index >= 15 is 0 Å². The number of hydrogen-bond acceptors (Lipinski definition) is 5. The average Bonchev–Trinajstić information content (AvgIpc) is 2.85. The molecule has 0 fully saturated rings. The summed E-state index contributed by atoms with van der Waals surface area (Å²) >= 11 is 0. The van der Waals surface area contributed by atoms with Crippen molar-refractivity contribution in [3.63, 3.8) is 0 Å². The van der Waals surface area contributed by atoms with E-state index in [2.05, 4.69) is 34.8 Å². The first-order valence-electron chi connectivity index (χ1n) is 11.8. The van der Waals surface area contributed by atoms with Gasteiger partial charge in [0, 0.05) is 0 Å². The van der Waals surface area contributed by atoms with E-state index in [9.17, 15) is 13.2 Å². The van der Waals surface area contributed by atoms with E-state index in [-0.39, 0.29) is 6.54 Å². The number of fused-ring (bicyclic) bond motifs is 1. The number of sulfonamides is 1. The first-order valence-corrected chi connectivity index (χ1v) is 13.6. The molecule has 0 heterocycles. The molecule has 0 bridgehead atoms. The molecule has 4 aromatic carbocycles. The van der Waals surface area contributed by atoms with Crippen molar-refractivity contribution in [2.75, 3.05) is 17.1 Å². The molecule has 0 unspecified atom stereocenters. The van der Waals surface area contributed by atoms with Crippen LogP contribution in [-0.2, 0) is 21.4 Å². The molecule has 4 aromatic rings. The fourth-order valence-electron chi connectivity index (χ4n) is 4.07. The first kappa shape index (κ1) is 25.9. The molecule has 0 aromatic heterocycles. The van der Waals surface area contributed by atoms with E-state index in [1.807, 2.05) is 62.4 Å². The Bertz CT molecular complexity index is 1520. The Kier molecular flexibility index (Phi) is 7.89. The van der Waals surface area contributed by atoms with Crippen LogP contribution in [0.4, 0.5) is 5.69 Å². The van der Waals surface area contributed by atoms with E-state index in [1.165, 1.54) is 11.6 Å². The molecule has 4 rings (SSSR count). The molecule has 0 aliphatic rings. The lowest BCUT2D eigenvalue weighted by molar-refractivity contribution is -0.119. The molecule has 190 valence electrons. The average molecular weight is 516 g/mol. The highest BCUT2D eigenvalue weighted by molar-refractivity contribution is 7.92. The topological polar surface area (TPSA) is 88.1 Å². The van der Waals surface area contributed by atoms with Gasteiger partial charge in [0.1, 0.15) is 18.9 Å². The van der Waals surface area contributed by atoms with Gasteiger partial charge in [-0.3, -0.25) is 9.10 Å². The number of nitrogens with zero attached hydrogens (tertiary/aromatic N) is 2. The van der Waals surface area contributed by atoms with Crippen molar-refractivity contribution in [1.82, 2.24) is 5.43 Å². The molecule has 7 nitrogen and oxygen atoms in total. The van der Waals surface area contributed by atoms with Crippen molar-refractivity contribution < 1.29 is 17.9 Å². The smallest absolute Gasteiger partial charge is 0.260 e. The molecule has 1 amide bonds. The number of hydrogen-bond donors (Lipinski definition) is 1. The van der Waals surface area contributed by atoms with Crippen LogP contribution < -0.4 is 14.5 Å². The van der Waals surface area contributed by atoms with E-state index in [0.717, 1.165) is 38.2 Å². The van der Waals surface area contributed by atoms with Crippen LogP contribution in [0.25, 0.3) is 10.8 Å². The third-order valence-corrected chi connectivity index (χ3v) is 6.88. The lowest BCUT2D eigenvalue weighted by atomic mass is 10.1. The fraction of sp³-hybridized carbons (Fsp3) is 0.172. The van der Waals surface area contributed by atoms with E-state index in [4.69, 9.17) is 4.74 Å². The van der Waals surface area contributed by atoms with Gasteiger partial charge in [-0.1, -0.05) is 48.5 Å². The van der Waals surface area contributed by atoms with Crippen LogP contribution in [-0.4, -0.2) is 33.3 Å². The quantitative estimate of drug-likeness (QED) is 0.252. The maximum atomic E-state index is 12.4. The number of anilines is 1. The number of hydrazone groups is 1. The molecule has 0 radical (unpaired) electrons. The molecule has 0 spiro atoms. The third-order valence-electron chi connectivity index (χ3n) is 5.74. The summed E-state index contributed by atoms with van der Waals surface area (Å²) in [6.07, 6.45) is 2.57. The fourth-order valence-corrected chi connectivity index (χ4v) is 4.91. The zero-order valence-electron chi connectivity index (χ0n) is 21.0. The van der Waals surface area contributed by atoms with Crippen molar-refractivity contribution in [3.8, 4) is 5.75 Å². The van der Waals surface area contributed by atoms with Gasteiger partial charge < -0.3 is 4.74 Å². The van der Waals surface area contributed by atoms with Gasteiger partial charge in [-0.05, 0) is 83.3 Å². The maximum Gasteiger partial charge on any atom is 0.260 e.